The Labute approximate surface area is 79.7 Å². The molecule has 14 heavy (non-hydrogen) atoms. The molecule has 0 aliphatic carbocycles. The Morgan fingerprint density at radius 3 is 2.71 bits per heavy atom. The molecule has 0 fully saturated rings. The van der Waals surface area contributed by atoms with Crippen molar-refractivity contribution in [1.82, 2.24) is 20.6 Å². The fourth-order valence-corrected chi connectivity index (χ4v) is 0.964. The van der Waals surface area contributed by atoms with Crippen molar-refractivity contribution in [3.63, 3.8) is 0 Å². The number of hydrogen-bond acceptors (Lipinski definition) is 4. The Hall–Kier alpha value is -2.17. The zero-order valence-corrected chi connectivity index (χ0v) is 7.29. The molecule has 2 aromatic heterocycles. The van der Waals surface area contributed by atoms with Gasteiger partial charge in [-0.3, -0.25) is 5.10 Å². The van der Waals surface area contributed by atoms with E-state index in [1.807, 2.05) is 24.3 Å². The van der Waals surface area contributed by atoms with E-state index in [0.29, 0.717) is 0 Å². The van der Waals surface area contributed by atoms with Gasteiger partial charge >= 0.3 is 0 Å². The van der Waals surface area contributed by atoms with Crippen LogP contribution in [0.3, 0.4) is 0 Å². The van der Waals surface area contributed by atoms with E-state index in [1.54, 1.807) is 12.3 Å². The van der Waals surface area contributed by atoms with Gasteiger partial charge in [0.2, 0.25) is 0 Å². The summed E-state index contributed by atoms with van der Waals surface area (Å²) >= 11 is 0. The van der Waals surface area contributed by atoms with Crippen molar-refractivity contribution >= 4 is 11.0 Å². The van der Waals surface area contributed by atoms with Gasteiger partial charge in [-0.1, -0.05) is 22.5 Å². The molecule has 0 amide bonds. The maximum Gasteiger partial charge on any atom is 0.123 e. The van der Waals surface area contributed by atoms with Crippen LogP contribution in [0.15, 0.2) is 47.3 Å². The van der Waals surface area contributed by atoms with Crippen LogP contribution in [0.25, 0.3) is 11.0 Å². The average molecular weight is 188 g/mol. The molecule has 70 valence electrons. The highest BCUT2D eigenvalue weighted by molar-refractivity contribution is 5.72. The number of nitrogens with one attached hydrogen (secondary N) is 1. The Balaban J connectivity index is 0.000000128. The van der Waals surface area contributed by atoms with Crippen molar-refractivity contribution in [2.45, 2.75) is 0 Å². The third-order valence-corrected chi connectivity index (χ3v) is 1.58. The zero-order valence-electron chi connectivity index (χ0n) is 7.29. The van der Waals surface area contributed by atoms with Crippen LogP contribution in [0.4, 0.5) is 0 Å². The molecule has 0 radical (unpaired) electrons. The molecule has 0 spiro atoms. The van der Waals surface area contributed by atoms with Crippen molar-refractivity contribution in [1.29, 1.82) is 0 Å². The van der Waals surface area contributed by atoms with Gasteiger partial charge in [-0.15, -0.1) is 5.10 Å². The average Bonchev–Trinajstić information content (AvgIpc) is 2.92. The van der Waals surface area contributed by atoms with Crippen LogP contribution in [-0.4, -0.2) is 20.6 Å². The quantitative estimate of drug-likeness (QED) is 0.582. The van der Waals surface area contributed by atoms with Gasteiger partial charge in [-0.25, -0.2) is 0 Å². The van der Waals surface area contributed by atoms with Crippen molar-refractivity contribution < 1.29 is 4.52 Å². The molecule has 0 bridgehead atoms. The van der Waals surface area contributed by atoms with Gasteiger partial charge in [0.25, 0.3) is 0 Å². The maximum absolute atomic E-state index is 4.33. The zero-order chi connectivity index (χ0) is 9.64. The first-order valence-corrected chi connectivity index (χ1v) is 4.07. The number of fused-ring (bicyclic) bond motifs is 1. The Morgan fingerprint density at radius 2 is 2.07 bits per heavy atom. The molecule has 0 saturated carbocycles. The fraction of sp³-hybridized carbons (Fsp3) is 0. The summed E-state index contributed by atoms with van der Waals surface area (Å²) in [6.45, 7) is 0. The van der Waals surface area contributed by atoms with Crippen LogP contribution in [0, 0.1) is 0 Å². The monoisotopic (exact) mass is 188 g/mol. The van der Waals surface area contributed by atoms with E-state index in [2.05, 4.69) is 25.1 Å². The number of para-hydroxylation sites is 1. The molecule has 0 aliphatic heterocycles. The van der Waals surface area contributed by atoms with E-state index in [4.69, 9.17) is 0 Å². The first-order valence-electron chi connectivity index (χ1n) is 4.07. The number of aromatic nitrogens is 4. The van der Waals surface area contributed by atoms with E-state index in [0.717, 1.165) is 11.0 Å². The Kier molecular flexibility index (Phi) is 2.51. The van der Waals surface area contributed by atoms with Crippen LogP contribution in [-0.2, 0) is 0 Å². The molecule has 3 rings (SSSR count). The number of hydrogen-bond donors (Lipinski definition) is 1. The minimum Gasteiger partial charge on any atom is -0.365 e. The maximum atomic E-state index is 4.33. The molecule has 5 nitrogen and oxygen atoms in total. The summed E-state index contributed by atoms with van der Waals surface area (Å²) in [6, 6.07) is 9.46. The summed E-state index contributed by atoms with van der Waals surface area (Å²) in [5.74, 6) is 0. The van der Waals surface area contributed by atoms with E-state index in [-0.39, 0.29) is 0 Å². The van der Waals surface area contributed by atoms with Gasteiger partial charge in [0.05, 0.1) is 11.7 Å². The van der Waals surface area contributed by atoms with Gasteiger partial charge in [-0.05, 0) is 18.2 Å². The largest absolute Gasteiger partial charge is 0.365 e. The third kappa shape index (κ3) is 1.95. The lowest BCUT2D eigenvalue weighted by Gasteiger charge is -1.79. The van der Waals surface area contributed by atoms with Crippen LogP contribution < -0.4 is 0 Å². The lowest BCUT2D eigenvalue weighted by atomic mass is 10.3. The van der Waals surface area contributed by atoms with Crippen LogP contribution in [0.2, 0.25) is 0 Å². The molecule has 0 unspecified atom stereocenters. The fourth-order valence-electron chi connectivity index (χ4n) is 0.964. The minimum atomic E-state index is 0.914. The summed E-state index contributed by atoms with van der Waals surface area (Å²) in [4.78, 5) is 0. The SMILES string of the molecule is c1ccc2[nH]nnc2c1.c1cnoc1. The first-order chi connectivity index (χ1) is 6.97. The Bertz CT molecular complexity index is 427. The standard InChI is InChI=1S/C6H5N3.C3H3NO/c1-2-4-6-5(3-1)7-9-8-6;1-2-4-5-3-1/h1-4H,(H,7,8,9);1-3H. The molecule has 5 heteroatoms. The summed E-state index contributed by atoms with van der Waals surface area (Å²) in [7, 11) is 0. The lowest BCUT2D eigenvalue weighted by Crippen LogP contribution is -1.63. The van der Waals surface area contributed by atoms with Crippen molar-refractivity contribution in [2.24, 2.45) is 0 Å². The van der Waals surface area contributed by atoms with E-state index in [1.165, 1.54) is 6.26 Å². The molecule has 0 saturated heterocycles. The second kappa shape index (κ2) is 4.18. The van der Waals surface area contributed by atoms with Crippen molar-refractivity contribution in [3.8, 4) is 0 Å². The van der Waals surface area contributed by atoms with Gasteiger partial charge < -0.3 is 4.52 Å². The van der Waals surface area contributed by atoms with E-state index < -0.39 is 0 Å². The topological polar surface area (TPSA) is 67.6 Å². The van der Waals surface area contributed by atoms with Gasteiger partial charge in [0, 0.05) is 0 Å². The summed E-state index contributed by atoms with van der Waals surface area (Å²) in [5, 5.41) is 13.5. The lowest BCUT2D eigenvalue weighted by molar-refractivity contribution is 0.420. The van der Waals surface area contributed by atoms with Crippen LogP contribution >= 0.6 is 0 Å². The normalized spacial score (nSPS) is 9.43. The molecule has 2 heterocycles. The predicted octanol–water partition coefficient (Wildman–Crippen LogP) is 1.63. The predicted molar refractivity (Wildman–Crippen MR) is 50.4 cm³/mol. The number of benzene rings is 1. The molecule has 1 aromatic carbocycles. The minimum absolute atomic E-state index is 0.914. The summed E-state index contributed by atoms with van der Waals surface area (Å²) in [5.41, 5.74) is 1.90. The van der Waals surface area contributed by atoms with Gasteiger partial charge in [0.15, 0.2) is 0 Å². The highest BCUT2D eigenvalue weighted by Crippen LogP contribution is 2.03. The molecule has 0 aliphatic rings. The van der Waals surface area contributed by atoms with E-state index in [9.17, 15) is 0 Å². The summed E-state index contributed by atoms with van der Waals surface area (Å²) < 4.78 is 4.33. The van der Waals surface area contributed by atoms with Crippen molar-refractivity contribution in [3.05, 3.63) is 42.8 Å². The van der Waals surface area contributed by atoms with E-state index >= 15 is 0 Å². The van der Waals surface area contributed by atoms with Crippen LogP contribution in [0.5, 0.6) is 0 Å². The smallest absolute Gasteiger partial charge is 0.123 e. The third-order valence-electron chi connectivity index (χ3n) is 1.58. The summed E-state index contributed by atoms with van der Waals surface area (Å²) in [6.07, 6.45) is 3.10. The highest BCUT2D eigenvalue weighted by atomic mass is 16.5. The van der Waals surface area contributed by atoms with Gasteiger partial charge in [-0.2, -0.15) is 0 Å². The highest BCUT2D eigenvalue weighted by Gasteiger charge is 1.90. The number of aromatic amines is 1. The number of rotatable bonds is 0. The van der Waals surface area contributed by atoms with Crippen molar-refractivity contribution in [2.75, 3.05) is 0 Å². The molecule has 0 atom stereocenters. The molecular weight excluding hydrogens is 180 g/mol. The Morgan fingerprint density at radius 1 is 1.14 bits per heavy atom. The molecular formula is C9H8N4O. The number of H-pyrrole nitrogens is 1. The van der Waals surface area contributed by atoms with Gasteiger partial charge in [0.1, 0.15) is 11.8 Å². The number of nitrogens with zero attached hydrogens (tertiary/aromatic N) is 3. The first kappa shape index (κ1) is 8.43. The second-order valence-electron chi connectivity index (χ2n) is 2.52. The van der Waals surface area contributed by atoms with Crippen LogP contribution in [0.1, 0.15) is 0 Å². The second-order valence-corrected chi connectivity index (χ2v) is 2.52. The molecule has 3 aromatic rings. The molecule has 1 N–H and O–H groups in total.